The lowest BCUT2D eigenvalue weighted by Gasteiger charge is -2.10. The monoisotopic (exact) mass is 279 g/mol. The van der Waals surface area contributed by atoms with Crippen molar-refractivity contribution in [1.82, 2.24) is 20.2 Å². The van der Waals surface area contributed by atoms with Crippen LogP contribution in [0.4, 0.5) is 5.69 Å². The molecular weight excluding hydrogens is 266 g/mol. The van der Waals surface area contributed by atoms with Crippen molar-refractivity contribution in [3.8, 4) is 0 Å². The van der Waals surface area contributed by atoms with Gasteiger partial charge in [-0.25, -0.2) is 4.68 Å². The maximum absolute atomic E-state index is 12.1. The second kappa shape index (κ2) is 4.66. The molecule has 1 aliphatic carbocycles. The van der Waals surface area contributed by atoms with Crippen LogP contribution in [-0.2, 0) is 24.2 Å². The van der Waals surface area contributed by atoms with Crippen LogP contribution in [0.15, 0.2) is 36.7 Å². The van der Waals surface area contributed by atoms with Gasteiger partial charge in [-0.3, -0.25) is 4.79 Å². The van der Waals surface area contributed by atoms with Crippen molar-refractivity contribution in [1.29, 1.82) is 0 Å². The summed E-state index contributed by atoms with van der Waals surface area (Å²) in [5.74, 6) is -0.138. The fourth-order valence-electron chi connectivity index (χ4n) is 2.95. The van der Waals surface area contributed by atoms with Crippen molar-refractivity contribution < 1.29 is 4.79 Å². The van der Waals surface area contributed by atoms with E-state index in [4.69, 9.17) is 0 Å². The van der Waals surface area contributed by atoms with E-state index in [-0.39, 0.29) is 12.5 Å². The fourth-order valence-corrected chi connectivity index (χ4v) is 2.95. The van der Waals surface area contributed by atoms with Crippen LogP contribution in [-0.4, -0.2) is 26.1 Å². The number of rotatable bonds is 3. The van der Waals surface area contributed by atoms with Gasteiger partial charge in [-0.1, -0.05) is 24.3 Å². The van der Waals surface area contributed by atoms with Crippen LogP contribution in [0.1, 0.15) is 11.1 Å². The van der Waals surface area contributed by atoms with Gasteiger partial charge in [0, 0.05) is 11.1 Å². The third kappa shape index (κ3) is 2.05. The number of benzene rings is 2. The molecule has 1 amide bonds. The van der Waals surface area contributed by atoms with E-state index in [9.17, 15) is 4.79 Å². The molecule has 0 fully saturated rings. The molecule has 6 nitrogen and oxygen atoms in total. The van der Waals surface area contributed by atoms with Crippen LogP contribution in [0.2, 0.25) is 0 Å². The first-order valence-electron chi connectivity index (χ1n) is 6.85. The minimum absolute atomic E-state index is 0.107. The Bertz CT molecular complexity index is 815. The highest BCUT2D eigenvalue weighted by Gasteiger charge is 2.16. The van der Waals surface area contributed by atoms with Crippen LogP contribution >= 0.6 is 0 Å². The minimum atomic E-state index is -0.138. The van der Waals surface area contributed by atoms with Gasteiger partial charge < -0.3 is 5.32 Å². The molecule has 0 unspecified atom stereocenters. The molecule has 0 saturated heterocycles. The summed E-state index contributed by atoms with van der Waals surface area (Å²) >= 11 is 0. The molecule has 1 aromatic heterocycles. The first-order valence-corrected chi connectivity index (χ1v) is 6.85. The van der Waals surface area contributed by atoms with Crippen LogP contribution in [0.5, 0.6) is 0 Å². The molecule has 1 N–H and O–H groups in total. The van der Waals surface area contributed by atoms with Crippen molar-refractivity contribution in [2.45, 2.75) is 19.4 Å². The highest BCUT2D eigenvalue weighted by atomic mass is 16.2. The molecule has 2 aromatic carbocycles. The van der Waals surface area contributed by atoms with Gasteiger partial charge in [0.15, 0.2) is 0 Å². The van der Waals surface area contributed by atoms with E-state index in [1.54, 1.807) is 0 Å². The third-order valence-electron chi connectivity index (χ3n) is 3.85. The average molecular weight is 279 g/mol. The van der Waals surface area contributed by atoms with E-state index in [1.165, 1.54) is 27.5 Å². The van der Waals surface area contributed by atoms with E-state index in [1.807, 2.05) is 12.1 Å². The van der Waals surface area contributed by atoms with Crippen molar-refractivity contribution in [3.63, 3.8) is 0 Å². The zero-order chi connectivity index (χ0) is 14.2. The summed E-state index contributed by atoms with van der Waals surface area (Å²) in [6, 6.07) is 10.3. The molecule has 3 aromatic rings. The largest absolute Gasteiger partial charge is 0.324 e. The number of aromatic nitrogens is 4. The van der Waals surface area contributed by atoms with Gasteiger partial charge in [0.2, 0.25) is 5.91 Å². The highest BCUT2D eigenvalue weighted by molar-refractivity contribution is 6.05. The first-order chi connectivity index (χ1) is 10.3. The van der Waals surface area contributed by atoms with Crippen LogP contribution < -0.4 is 5.32 Å². The number of hydrogen-bond donors (Lipinski definition) is 1. The molecule has 21 heavy (non-hydrogen) atoms. The molecule has 1 heterocycles. The van der Waals surface area contributed by atoms with E-state index >= 15 is 0 Å². The van der Waals surface area contributed by atoms with E-state index < -0.39 is 0 Å². The van der Waals surface area contributed by atoms with Crippen molar-refractivity contribution in [2.75, 3.05) is 5.32 Å². The fraction of sp³-hybridized carbons (Fsp3) is 0.200. The summed E-state index contributed by atoms with van der Waals surface area (Å²) in [5.41, 5.74) is 3.56. The summed E-state index contributed by atoms with van der Waals surface area (Å²) < 4.78 is 1.40. The normalized spacial score (nSPS) is 12.8. The Labute approximate surface area is 120 Å². The first kappa shape index (κ1) is 12.0. The number of carbonyl (C=O) groups is 1. The Balaban J connectivity index is 1.67. The minimum Gasteiger partial charge on any atom is -0.324 e. The predicted octanol–water partition coefficient (Wildman–Crippen LogP) is 1.56. The van der Waals surface area contributed by atoms with Crippen molar-refractivity contribution in [3.05, 3.63) is 47.8 Å². The number of hydrogen-bond acceptors (Lipinski definition) is 4. The lowest BCUT2D eigenvalue weighted by molar-refractivity contribution is -0.116. The highest BCUT2D eigenvalue weighted by Crippen LogP contribution is 2.34. The molecule has 0 atom stereocenters. The molecule has 0 radical (unpaired) electrons. The second-order valence-corrected chi connectivity index (χ2v) is 5.17. The van der Waals surface area contributed by atoms with Crippen molar-refractivity contribution in [2.24, 2.45) is 0 Å². The standard InChI is InChI=1S/C15H13N5O/c21-14(8-20-9-16-18-19-20)17-13-7-6-11-5-4-10-2-1-3-12(13)15(10)11/h1-3,6-7,9H,4-5,8H2,(H,17,21). The van der Waals surface area contributed by atoms with Gasteiger partial charge in [-0.05, 0) is 45.8 Å². The Kier molecular flexibility index (Phi) is 2.67. The number of amides is 1. The third-order valence-corrected chi connectivity index (χ3v) is 3.85. The second-order valence-electron chi connectivity index (χ2n) is 5.17. The van der Waals surface area contributed by atoms with Gasteiger partial charge in [-0.15, -0.1) is 5.10 Å². The van der Waals surface area contributed by atoms with Crippen LogP contribution in [0.3, 0.4) is 0 Å². The molecule has 0 saturated carbocycles. The summed E-state index contributed by atoms with van der Waals surface area (Å²) in [6.07, 6.45) is 3.58. The summed E-state index contributed by atoms with van der Waals surface area (Å²) in [6.45, 7) is 0.107. The van der Waals surface area contributed by atoms with Gasteiger partial charge in [0.25, 0.3) is 0 Å². The predicted molar refractivity (Wildman–Crippen MR) is 77.8 cm³/mol. The molecule has 0 spiro atoms. The maximum atomic E-state index is 12.1. The maximum Gasteiger partial charge on any atom is 0.246 e. The number of nitrogens with one attached hydrogen (secondary N) is 1. The van der Waals surface area contributed by atoms with Gasteiger partial charge in [0.1, 0.15) is 12.9 Å². The van der Waals surface area contributed by atoms with E-state index in [0.717, 1.165) is 23.9 Å². The zero-order valence-electron chi connectivity index (χ0n) is 11.3. The average Bonchev–Trinajstić information content (AvgIpc) is 3.13. The topological polar surface area (TPSA) is 72.7 Å². The van der Waals surface area contributed by atoms with E-state index in [2.05, 4.69) is 39.0 Å². The van der Waals surface area contributed by atoms with Gasteiger partial charge >= 0.3 is 0 Å². The molecule has 6 heteroatoms. The molecule has 0 aliphatic heterocycles. The van der Waals surface area contributed by atoms with Gasteiger partial charge in [-0.2, -0.15) is 0 Å². The van der Waals surface area contributed by atoms with Gasteiger partial charge in [0.05, 0.1) is 0 Å². The summed E-state index contributed by atoms with van der Waals surface area (Å²) in [4.78, 5) is 12.1. The van der Waals surface area contributed by atoms with Crippen molar-refractivity contribution >= 4 is 22.4 Å². The smallest absolute Gasteiger partial charge is 0.246 e. The SMILES string of the molecule is O=C(Cn1cnnn1)Nc1ccc2c3c(cccc13)CC2. The molecule has 1 aliphatic rings. The number of aryl methyl sites for hydroxylation is 2. The Morgan fingerprint density at radius 1 is 1.19 bits per heavy atom. The Hall–Kier alpha value is -2.76. The molecule has 4 rings (SSSR count). The van der Waals surface area contributed by atoms with E-state index in [0.29, 0.717) is 0 Å². The number of nitrogens with zero attached hydrogens (tertiary/aromatic N) is 4. The molecule has 104 valence electrons. The molecular formula is C15H13N5O. The Morgan fingerprint density at radius 2 is 2.05 bits per heavy atom. The number of tetrazole rings is 1. The van der Waals surface area contributed by atoms with Crippen LogP contribution in [0, 0.1) is 0 Å². The number of anilines is 1. The van der Waals surface area contributed by atoms with Crippen LogP contribution in [0.25, 0.3) is 10.8 Å². The lowest BCUT2D eigenvalue weighted by atomic mass is 10.0. The Morgan fingerprint density at radius 3 is 2.86 bits per heavy atom. The summed E-state index contributed by atoms with van der Waals surface area (Å²) in [5, 5.41) is 16.1. The summed E-state index contributed by atoms with van der Waals surface area (Å²) in [7, 11) is 0. The lowest BCUT2D eigenvalue weighted by Crippen LogP contribution is -2.19. The quantitative estimate of drug-likeness (QED) is 0.789. The number of carbonyl (C=O) groups excluding carboxylic acids is 1. The zero-order valence-corrected chi connectivity index (χ0v) is 11.3. The molecule has 0 bridgehead atoms.